The van der Waals surface area contributed by atoms with Gasteiger partial charge in [-0.05, 0) is 65.0 Å². The summed E-state index contributed by atoms with van der Waals surface area (Å²) in [5, 5.41) is 3.64. The molecule has 1 atom stereocenters. The van der Waals surface area contributed by atoms with Crippen molar-refractivity contribution >= 4 is 0 Å². The van der Waals surface area contributed by atoms with Gasteiger partial charge in [0.2, 0.25) is 0 Å². The average Bonchev–Trinajstić information content (AvgIpc) is 2.42. The molecule has 0 bridgehead atoms. The summed E-state index contributed by atoms with van der Waals surface area (Å²) in [6, 6.07) is 8.92. The van der Waals surface area contributed by atoms with Crippen LogP contribution >= 0.6 is 0 Å². The maximum atomic E-state index is 5.67. The Morgan fingerprint density at radius 2 is 1.76 bits per heavy atom. The molecule has 1 aromatic rings. The maximum Gasteiger partial charge on any atom is 0.0469 e. The SMILES string of the molecule is CCCOCCC(CNC(C)(C)C)Cc1ccc(C)cc1. The van der Waals surface area contributed by atoms with E-state index in [1.54, 1.807) is 0 Å². The molecular formula is C19H33NO. The molecule has 1 rings (SSSR count). The molecule has 2 nitrogen and oxygen atoms in total. The number of rotatable bonds is 9. The van der Waals surface area contributed by atoms with Crippen LogP contribution in [0, 0.1) is 12.8 Å². The lowest BCUT2D eigenvalue weighted by atomic mass is 9.94. The first-order chi connectivity index (χ1) is 9.90. The van der Waals surface area contributed by atoms with Crippen molar-refractivity contribution < 1.29 is 4.74 Å². The highest BCUT2D eigenvalue weighted by atomic mass is 16.5. The molecule has 0 aliphatic heterocycles. The van der Waals surface area contributed by atoms with Gasteiger partial charge in [0.15, 0.2) is 0 Å². The van der Waals surface area contributed by atoms with Crippen molar-refractivity contribution in [1.82, 2.24) is 5.32 Å². The van der Waals surface area contributed by atoms with Gasteiger partial charge in [0, 0.05) is 18.8 Å². The lowest BCUT2D eigenvalue weighted by molar-refractivity contribution is 0.119. The number of hydrogen-bond acceptors (Lipinski definition) is 2. The molecule has 2 heteroatoms. The first-order valence-electron chi connectivity index (χ1n) is 8.29. The van der Waals surface area contributed by atoms with Gasteiger partial charge in [-0.15, -0.1) is 0 Å². The van der Waals surface area contributed by atoms with E-state index >= 15 is 0 Å². The second kappa shape index (κ2) is 9.22. The van der Waals surface area contributed by atoms with E-state index in [1.165, 1.54) is 11.1 Å². The highest BCUT2D eigenvalue weighted by Crippen LogP contribution is 2.14. The van der Waals surface area contributed by atoms with E-state index in [0.29, 0.717) is 5.92 Å². The molecule has 0 aromatic heterocycles. The van der Waals surface area contributed by atoms with E-state index in [-0.39, 0.29) is 5.54 Å². The Hall–Kier alpha value is -0.860. The number of hydrogen-bond donors (Lipinski definition) is 1. The Kier molecular flexibility index (Phi) is 7.98. The molecule has 0 fully saturated rings. The molecular weight excluding hydrogens is 258 g/mol. The Morgan fingerprint density at radius 3 is 2.33 bits per heavy atom. The molecule has 120 valence electrons. The highest BCUT2D eigenvalue weighted by molar-refractivity contribution is 5.21. The molecule has 0 radical (unpaired) electrons. The van der Waals surface area contributed by atoms with Crippen LogP contribution in [0.2, 0.25) is 0 Å². The average molecular weight is 291 g/mol. The Balaban J connectivity index is 2.51. The van der Waals surface area contributed by atoms with Gasteiger partial charge in [0.05, 0.1) is 0 Å². The third-order valence-electron chi connectivity index (χ3n) is 3.58. The molecule has 1 unspecified atom stereocenters. The summed E-state index contributed by atoms with van der Waals surface area (Å²) in [6.45, 7) is 13.8. The molecule has 0 aliphatic carbocycles. The van der Waals surface area contributed by atoms with Crippen LogP contribution in [0.1, 0.15) is 51.7 Å². The van der Waals surface area contributed by atoms with Gasteiger partial charge >= 0.3 is 0 Å². The van der Waals surface area contributed by atoms with Gasteiger partial charge in [0.1, 0.15) is 0 Å². The molecule has 21 heavy (non-hydrogen) atoms. The van der Waals surface area contributed by atoms with Crippen molar-refractivity contribution in [3.8, 4) is 0 Å². The van der Waals surface area contributed by atoms with Gasteiger partial charge < -0.3 is 10.1 Å². The van der Waals surface area contributed by atoms with Crippen LogP contribution in [-0.4, -0.2) is 25.3 Å². The molecule has 0 saturated carbocycles. The summed E-state index contributed by atoms with van der Waals surface area (Å²) in [5.74, 6) is 0.629. The van der Waals surface area contributed by atoms with Crippen LogP contribution in [0.4, 0.5) is 0 Å². The van der Waals surface area contributed by atoms with Crippen molar-refractivity contribution in [1.29, 1.82) is 0 Å². The van der Waals surface area contributed by atoms with Crippen molar-refractivity contribution in [2.45, 2.75) is 59.4 Å². The van der Waals surface area contributed by atoms with Crippen LogP contribution in [0.3, 0.4) is 0 Å². The molecule has 1 aromatic carbocycles. The van der Waals surface area contributed by atoms with Crippen LogP contribution in [0.25, 0.3) is 0 Å². The van der Waals surface area contributed by atoms with E-state index in [2.05, 4.69) is 64.2 Å². The third kappa shape index (κ3) is 8.90. The highest BCUT2D eigenvalue weighted by Gasteiger charge is 2.15. The van der Waals surface area contributed by atoms with E-state index in [0.717, 1.165) is 39.0 Å². The van der Waals surface area contributed by atoms with Gasteiger partial charge in [-0.3, -0.25) is 0 Å². The summed E-state index contributed by atoms with van der Waals surface area (Å²) in [5.41, 5.74) is 2.93. The minimum Gasteiger partial charge on any atom is -0.381 e. The van der Waals surface area contributed by atoms with Crippen molar-refractivity contribution in [3.05, 3.63) is 35.4 Å². The molecule has 0 saturated heterocycles. The quantitative estimate of drug-likeness (QED) is 0.683. The predicted molar refractivity (Wildman–Crippen MR) is 91.9 cm³/mol. The smallest absolute Gasteiger partial charge is 0.0469 e. The number of nitrogens with one attached hydrogen (secondary N) is 1. The topological polar surface area (TPSA) is 21.3 Å². The van der Waals surface area contributed by atoms with E-state index < -0.39 is 0 Å². The summed E-state index contributed by atoms with van der Waals surface area (Å²) in [6.07, 6.45) is 3.35. The van der Waals surface area contributed by atoms with Gasteiger partial charge in [-0.2, -0.15) is 0 Å². The first-order valence-corrected chi connectivity index (χ1v) is 8.29. The maximum absolute atomic E-state index is 5.67. The zero-order valence-electron chi connectivity index (χ0n) is 14.5. The van der Waals surface area contributed by atoms with Crippen LogP contribution in [0.5, 0.6) is 0 Å². The molecule has 0 spiro atoms. The van der Waals surface area contributed by atoms with Crippen molar-refractivity contribution in [3.63, 3.8) is 0 Å². The normalized spacial score (nSPS) is 13.4. The largest absolute Gasteiger partial charge is 0.381 e. The Morgan fingerprint density at radius 1 is 1.10 bits per heavy atom. The first kappa shape index (κ1) is 18.2. The minimum atomic E-state index is 0.176. The second-order valence-electron chi connectivity index (χ2n) is 7.09. The number of ether oxygens (including phenoxy) is 1. The van der Waals surface area contributed by atoms with Gasteiger partial charge in [-0.25, -0.2) is 0 Å². The third-order valence-corrected chi connectivity index (χ3v) is 3.58. The van der Waals surface area contributed by atoms with Gasteiger partial charge in [-0.1, -0.05) is 36.8 Å². The van der Waals surface area contributed by atoms with Gasteiger partial charge in [0.25, 0.3) is 0 Å². The fourth-order valence-corrected chi connectivity index (χ4v) is 2.28. The van der Waals surface area contributed by atoms with E-state index in [1.807, 2.05) is 0 Å². The summed E-state index contributed by atoms with van der Waals surface area (Å²) >= 11 is 0. The monoisotopic (exact) mass is 291 g/mol. The van der Waals surface area contributed by atoms with Crippen LogP contribution < -0.4 is 5.32 Å². The molecule has 0 amide bonds. The zero-order valence-corrected chi connectivity index (χ0v) is 14.5. The molecule has 0 heterocycles. The van der Waals surface area contributed by atoms with Crippen molar-refractivity contribution in [2.24, 2.45) is 5.92 Å². The fraction of sp³-hybridized carbons (Fsp3) is 0.684. The standard InChI is InChI=1S/C19H33NO/c1-6-12-21-13-11-18(15-20-19(3,4)5)14-17-9-7-16(2)8-10-17/h7-10,18,20H,6,11-15H2,1-5H3. The van der Waals surface area contributed by atoms with Crippen molar-refractivity contribution in [2.75, 3.05) is 19.8 Å². The number of benzene rings is 1. The van der Waals surface area contributed by atoms with E-state index in [4.69, 9.17) is 4.74 Å². The summed E-state index contributed by atoms with van der Waals surface area (Å²) in [4.78, 5) is 0. The number of aryl methyl sites for hydroxylation is 1. The van der Waals surface area contributed by atoms with Crippen LogP contribution in [0.15, 0.2) is 24.3 Å². The second-order valence-corrected chi connectivity index (χ2v) is 7.09. The fourth-order valence-electron chi connectivity index (χ4n) is 2.28. The summed E-state index contributed by atoms with van der Waals surface area (Å²) < 4.78 is 5.67. The van der Waals surface area contributed by atoms with E-state index in [9.17, 15) is 0 Å². The summed E-state index contributed by atoms with van der Waals surface area (Å²) in [7, 11) is 0. The lowest BCUT2D eigenvalue weighted by Gasteiger charge is -2.25. The predicted octanol–water partition coefficient (Wildman–Crippen LogP) is 4.36. The molecule has 0 aliphatic rings. The Bertz CT molecular complexity index is 378. The lowest BCUT2D eigenvalue weighted by Crippen LogP contribution is -2.39. The zero-order chi connectivity index (χ0) is 15.7. The Labute approximate surface area is 131 Å². The van der Waals surface area contributed by atoms with Crippen LogP contribution in [-0.2, 0) is 11.2 Å². The molecule has 1 N–H and O–H groups in total. The minimum absolute atomic E-state index is 0.176.